The second kappa shape index (κ2) is 7.17. The molecule has 0 nitrogen and oxygen atoms in total. The summed E-state index contributed by atoms with van der Waals surface area (Å²) in [4.78, 5) is 0. The van der Waals surface area contributed by atoms with E-state index in [9.17, 15) is 0 Å². The lowest BCUT2D eigenvalue weighted by Crippen LogP contribution is -1.68. The third kappa shape index (κ3) is 6.17. The molecular formula is C6H14Si2. The van der Waals surface area contributed by atoms with E-state index in [1.54, 1.807) is 0 Å². The Balaban J connectivity index is 2.91. The molecule has 0 aromatic carbocycles. The van der Waals surface area contributed by atoms with E-state index in [0.717, 1.165) is 0 Å². The highest BCUT2D eigenvalue weighted by Gasteiger charge is 1.73. The minimum atomic E-state index is 0.625. The first-order chi connectivity index (χ1) is 3.91. The second-order valence-electron chi connectivity index (χ2n) is 1.81. The molecule has 0 aromatic heterocycles. The molecule has 0 amide bonds. The van der Waals surface area contributed by atoms with Crippen LogP contribution in [0.3, 0.4) is 0 Å². The van der Waals surface area contributed by atoms with E-state index in [1.807, 2.05) is 0 Å². The SMILES string of the molecule is CCCCC=C[SiH]=[SiH2]. The van der Waals surface area contributed by atoms with Crippen LogP contribution >= 0.6 is 0 Å². The van der Waals surface area contributed by atoms with Crippen molar-refractivity contribution >= 4 is 17.9 Å². The van der Waals surface area contributed by atoms with Gasteiger partial charge in [0.05, 0.1) is 0 Å². The lowest BCUT2D eigenvalue weighted by Gasteiger charge is -1.84. The van der Waals surface area contributed by atoms with Gasteiger partial charge in [0.15, 0.2) is 0 Å². The molecule has 0 saturated carbocycles. The van der Waals surface area contributed by atoms with Crippen LogP contribution in [0.15, 0.2) is 11.8 Å². The molecule has 0 heterocycles. The van der Waals surface area contributed by atoms with Crippen LogP contribution in [0.4, 0.5) is 0 Å². The molecule has 46 valence electrons. The van der Waals surface area contributed by atoms with Crippen molar-refractivity contribution in [3.8, 4) is 0 Å². The topological polar surface area (TPSA) is 0 Å². The highest BCUT2D eigenvalue weighted by Crippen LogP contribution is 1.92. The quantitative estimate of drug-likeness (QED) is 0.400. The van der Waals surface area contributed by atoms with Gasteiger partial charge in [-0.2, -0.15) is 0 Å². The standard InChI is InChI=1S/C6H14Si2/c1-2-3-4-5-6-8-7/h5-6,8H,2-4,7H2,1H3. The number of hydrogen-bond donors (Lipinski definition) is 0. The van der Waals surface area contributed by atoms with Crippen LogP contribution in [-0.4, -0.2) is 17.9 Å². The number of unbranched alkanes of at least 4 members (excludes halogenated alkanes) is 2. The molecule has 0 spiro atoms. The first-order valence-electron chi connectivity index (χ1n) is 3.19. The molecule has 0 radical (unpaired) electrons. The summed E-state index contributed by atoms with van der Waals surface area (Å²) in [5.74, 6) is 0. The van der Waals surface area contributed by atoms with Crippen LogP contribution in [0.1, 0.15) is 26.2 Å². The second-order valence-corrected chi connectivity index (χ2v) is 4.08. The first-order valence-corrected chi connectivity index (χ1v) is 7.12. The van der Waals surface area contributed by atoms with Crippen molar-refractivity contribution < 1.29 is 0 Å². The molecule has 0 unspecified atom stereocenters. The maximum atomic E-state index is 2.33. The van der Waals surface area contributed by atoms with E-state index in [2.05, 4.69) is 28.0 Å². The Kier molecular flexibility index (Phi) is 7.33. The summed E-state index contributed by atoms with van der Waals surface area (Å²) in [5, 5.41) is 0. The Morgan fingerprint density at radius 1 is 1.62 bits per heavy atom. The van der Waals surface area contributed by atoms with Crippen molar-refractivity contribution in [1.82, 2.24) is 0 Å². The maximum Gasteiger partial charge on any atom is -0.00890 e. The van der Waals surface area contributed by atoms with Crippen molar-refractivity contribution in [3.05, 3.63) is 11.8 Å². The van der Waals surface area contributed by atoms with Gasteiger partial charge < -0.3 is 0 Å². The fraction of sp³-hybridized carbons (Fsp3) is 0.667. The molecule has 2 heteroatoms. The van der Waals surface area contributed by atoms with E-state index in [4.69, 9.17) is 0 Å². The molecule has 0 fully saturated rings. The summed E-state index contributed by atoms with van der Waals surface area (Å²) in [5.41, 5.74) is 2.33. The van der Waals surface area contributed by atoms with Gasteiger partial charge in [-0.3, -0.25) is 0 Å². The third-order valence-corrected chi connectivity index (χ3v) is 2.36. The lowest BCUT2D eigenvalue weighted by atomic mass is 10.2. The van der Waals surface area contributed by atoms with Crippen LogP contribution in [0, 0.1) is 0 Å². The lowest BCUT2D eigenvalue weighted by molar-refractivity contribution is 0.815. The highest BCUT2D eigenvalue weighted by atomic mass is 28.8. The number of hydrogen-bond acceptors (Lipinski definition) is 0. The molecule has 0 N–H and O–H groups in total. The van der Waals surface area contributed by atoms with E-state index in [-0.39, 0.29) is 0 Å². The Labute approximate surface area is 56.6 Å². The van der Waals surface area contributed by atoms with Crippen LogP contribution in [0.5, 0.6) is 0 Å². The van der Waals surface area contributed by atoms with Gasteiger partial charge in [0, 0.05) is 0 Å². The molecule has 0 aliphatic carbocycles. The van der Waals surface area contributed by atoms with Gasteiger partial charge in [-0.05, 0) is 24.4 Å². The highest BCUT2D eigenvalue weighted by molar-refractivity contribution is 6.65. The molecule has 0 aliphatic heterocycles. The zero-order chi connectivity index (χ0) is 6.24. The average molecular weight is 142 g/mol. The van der Waals surface area contributed by atoms with E-state index in [1.165, 1.54) is 19.3 Å². The Morgan fingerprint density at radius 3 is 2.88 bits per heavy atom. The molecule has 8 heavy (non-hydrogen) atoms. The van der Waals surface area contributed by atoms with Crippen LogP contribution in [-0.2, 0) is 0 Å². The zero-order valence-corrected chi connectivity index (χ0v) is 8.13. The van der Waals surface area contributed by atoms with Gasteiger partial charge in [-0.25, -0.2) is 0 Å². The summed E-state index contributed by atoms with van der Waals surface area (Å²) in [6.07, 6.45) is 6.29. The molecule has 0 saturated heterocycles. The van der Waals surface area contributed by atoms with Gasteiger partial charge >= 0.3 is 0 Å². The molecule has 0 aromatic rings. The van der Waals surface area contributed by atoms with Crippen LogP contribution in [0.2, 0.25) is 0 Å². The summed E-state index contributed by atoms with van der Waals surface area (Å²) in [6, 6.07) is 0. The summed E-state index contributed by atoms with van der Waals surface area (Å²) in [6.45, 7) is 2.23. The van der Waals surface area contributed by atoms with Crippen molar-refractivity contribution in [2.45, 2.75) is 26.2 Å². The van der Waals surface area contributed by atoms with Crippen LogP contribution in [0.25, 0.3) is 0 Å². The zero-order valence-electron chi connectivity index (χ0n) is 5.56. The smallest absolute Gasteiger partial charge is 0.00890 e. The number of allylic oxidation sites excluding steroid dienone is 1. The van der Waals surface area contributed by atoms with Crippen molar-refractivity contribution in [3.63, 3.8) is 0 Å². The van der Waals surface area contributed by atoms with Gasteiger partial charge in [0.1, 0.15) is 0 Å². The Hall–Kier alpha value is 0.174. The molecule has 0 aliphatic rings. The van der Waals surface area contributed by atoms with Crippen molar-refractivity contribution in [2.24, 2.45) is 0 Å². The maximum absolute atomic E-state index is 2.33. The first kappa shape index (κ1) is 8.17. The largest absolute Gasteiger partial charge is 0.0894 e. The Bertz CT molecular complexity index is 76.6. The summed E-state index contributed by atoms with van der Waals surface area (Å²) >= 11 is 0. The molecule has 0 atom stereocenters. The summed E-state index contributed by atoms with van der Waals surface area (Å²) < 4.78 is 0. The monoisotopic (exact) mass is 142 g/mol. The van der Waals surface area contributed by atoms with E-state index < -0.39 is 0 Å². The van der Waals surface area contributed by atoms with Gasteiger partial charge in [-0.15, -0.1) is 0 Å². The summed E-state index contributed by atoms with van der Waals surface area (Å²) in [7, 11) is 2.71. The fourth-order valence-electron chi connectivity index (χ4n) is 0.514. The van der Waals surface area contributed by atoms with Crippen molar-refractivity contribution in [1.29, 1.82) is 0 Å². The van der Waals surface area contributed by atoms with Gasteiger partial charge in [0.2, 0.25) is 0 Å². The van der Waals surface area contributed by atoms with E-state index >= 15 is 0 Å². The van der Waals surface area contributed by atoms with Gasteiger partial charge in [0.25, 0.3) is 0 Å². The fourth-order valence-corrected chi connectivity index (χ4v) is 1.48. The van der Waals surface area contributed by atoms with Crippen LogP contribution < -0.4 is 0 Å². The molecule has 0 bridgehead atoms. The normalized spacial score (nSPS) is 10.1. The third-order valence-electron chi connectivity index (χ3n) is 0.997. The molecule has 0 rings (SSSR count). The van der Waals surface area contributed by atoms with Crippen molar-refractivity contribution in [2.75, 3.05) is 0 Å². The minimum absolute atomic E-state index is 0.625. The predicted octanol–water partition coefficient (Wildman–Crippen LogP) is 0.675. The number of rotatable bonds is 4. The average Bonchev–Trinajstić information content (AvgIpc) is 1.81. The minimum Gasteiger partial charge on any atom is -0.0894 e. The predicted molar refractivity (Wildman–Crippen MR) is 44.4 cm³/mol. The molecular weight excluding hydrogens is 128 g/mol. The Morgan fingerprint density at radius 2 is 2.38 bits per heavy atom. The van der Waals surface area contributed by atoms with E-state index in [0.29, 0.717) is 8.61 Å². The van der Waals surface area contributed by atoms with Gasteiger partial charge in [-0.1, -0.05) is 31.5 Å².